The maximum Gasteiger partial charge on any atom is 0.307 e. The van der Waals surface area contributed by atoms with Crippen molar-refractivity contribution in [2.45, 2.75) is 26.3 Å². The zero-order valence-electron chi connectivity index (χ0n) is 20.1. The third kappa shape index (κ3) is 8.77. The number of carbonyl (C=O) groups is 2. The molecule has 0 heterocycles. The van der Waals surface area contributed by atoms with Crippen LogP contribution in [0.15, 0.2) is 83.3 Å². The Labute approximate surface area is 225 Å². The number of carbonyl (C=O) groups excluding carboxylic acids is 2. The van der Waals surface area contributed by atoms with E-state index in [0.717, 1.165) is 22.0 Å². The first-order valence-corrected chi connectivity index (χ1v) is 12.9. The number of rotatable bonds is 11. The van der Waals surface area contributed by atoms with Crippen LogP contribution in [0.5, 0.6) is 5.75 Å². The second kappa shape index (κ2) is 14.4. The van der Waals surface area contributed by atoms with Gasteiger partial charge in [-0.1, -0.05) is 76.6 Å². The van der Waals surface area contributed by atoms with E-state index in [1.807, 2.05) is 66.7 Å². The largest absolute Gasteiger partial charge is 0.492 e. The first-order valence-electron chi connectivity index (χ1n) is 11.7. The number of thiocarbonyl (C=S) groups is 1. The van der Waals surface area contributed by atoms with Crippen LogP contribution in [0.25, 0.3) is 0 Å². The molecule has 6 nitrogen and oxygen atoms in total. The van der Waals surface area contributed by atoms with Crippen molar-refractivity contribution in [3.05, 3.63) is 100 Å². The predicted octanol–water partition coefficient (Wildman–Crippen LogP) is 5.54. The quantitative estimate of drug-likeness (QED) is 0.242. The maximum absolute atomic E-state index is 13.2. The van der Waals surface area contributed by atoms with Crippen molar-refractivity contribution < 1.29 is 19.1 Å². The molecule has 0 aromatic heterocycles. The summed E-state index contributed by atoms with van der Waals surface area (Å²) in [7, 11) is 0. The van der Waals surface area contributed by atoms with Crippen molar-refractivity contribution in [1.29, 1.82) is 0 Å². The van der Waals surface area contributed by atoms with Gasteiger partial charge in [0.1, 0.15) is 5.75 Å². The molecule has 0 fully saturated rings. The Balaban J connectivity index is 1.69. The van der Waals surface area contributed by atoms with Gasteiger partial charge in [-0.3, -0.25) is 14.9 Å². The SMILES string of the molecule is CCOC(=O)CCN(Cc1ccccc1)C(=S)NC(=O)c1cc(Br)ccc1OCCc1ccccc1. The molecule has 3 rings (SSSR count). The topological polar surface area (TPSA) is 67.9 Å². The molecule has 0 unspecified atom stereocenters. The number of nitrogens with one attached hydrogen (secondary N) is 1. The average molecular weight is 570 g/mol. The minimum Gasteiger partial charge on any atom is -0.492 e. The van der Waals surface area contributed by atoms with Gasteiger partial charge in [0, 0.05) is 24.0 Å². The van der Waals surface area contributed by atoms with Gasteiger partial charge < -0.3 is 14.4 Å². The Kier molecular flexibility index (Phi) is 10.9. The Bertz CT molecular complexity index is 1160. The lowest BCUT2D eigenvalue weighted by molar-refractivity contribution is -0.143. The van der Waals surface area contributed by atoms with Crippen LogP contribution < -0.4 is 10.1 Å². The Hall–Kier alpha value is -3.23. The fourth-order valence-electron chi connectivity index (χ4n) is 3.49. The van der Waals surface area contributed by atoms with Crippen molar-refractivity contribution >= 4 is 45.1 Å². The number of esters is 1. The molecule has 36 heavy (non-hydrogen) atoms. The van der Waals surface area contributed by atoms with Gasteiger partial charge in [-0.2, -0.15) is 0 Å². The zero-order valence-corrected chi connectivity index (χ0v) is 22.5. The summed E-state index contributed by atoms with van der Waals surface area (Å²) in [5.74, 6) is -0.230. The van der Waals surface area contributed by atoms with E-state index in [1.165, 1.54) is 0 Å². The number of benzene rings is 3. The van der Waals surface area contributed by atoms with Crippen LogP contribution in [0, 0.1) is 0 Å². The van der Waals surface area contributed by atoms with E-state index in [4.69, 9.17) is 21.7 Å². The van der Waals surface area contributed by atoms with Crippen molar-refractivity contribution in [2.24, 2.45) is 0 Å². The lowest BCUT2D eigenvalue weighted by Gasteiger charge is -2.25. The summed E-state index contributed by atoms with van der Waals surface area (Å²) in [5.41, 5.74) is 2.52. The molecule has 0 spiro atoms. The van der Waals surface area contributed by atoms with Crippen LogP contribution in [-0.4, -0.2) is 41.6 Å². The van der Waals surface area contributed by atoms with Crippen LogP contribution in [0.2, 0.25) is 0 Å². The molecule has 0 saturated heterocycles. The van der Waals surface area contributed by atoms with Gasteiger partial charge >= 0.3 is 5.97 Å². The van der Waals surface area contributed by atoms with Gasteiger partial charge in [0.2, 0.25) is 0 Å². The van der Waals surface area contributed by atoms with Crippen LogP contribution in [0.1, 0.15) is 34.8 Å². The normalized spacial score (nSPS) is 10.4. The highest BCUT2D eigenvalue weighted by Gasteiger charge is 2.19. The van der Waals surface area contributed by atoms with Gasteiger partial charge in [-0.15, -0.1) is 0 Å². The van der Waals surface area contributed by atoms with Gasteiger partial charge in [0.25, 0.3) is 5.91 Å². The molecule has 188 valence electrons. The summed E-state index contributed by atoms with van der Waals surface area (Å²) in [4.78, 5) is 27.0. The molecule has 0 bridgehead atoms. The number of hydrogen-bond donors (Lipinski definition) is 1. The summed E-state index contributed by atoms with van der Waals surface area (Å²) < 4.78 is 11.8. The number of ether oxygens (including phenoxy) is 2. The maximum atomic E-state index is 13.2. The predicted molar refractivity (Wildman–Crippen MR) is 148 cm³/mol. The highest BCUT2D eigenvalue weighted by atomic mass is 79.9. The van der Waals surface area contributed by atoms with Crippen LogP contribution >= 0.6 is 28.1 Å². The fourth-order valence-corrected chi connectivity index (χ4v) is 4.10. The zero-order chi connectivity index (χ0) is 25.8. The number of halogens is 1. The van der Waals surface area contributed by atoms with Crippen LogP contribution in [0.3, 0.4) is 0 Å². The van der Waals surface area contributed by atoms with E-state index in [0.29, 0.717) is 37.6 Å². The van der Waals surface area contributed by atoms with E-state index >= 15 is 0 Å². The Morgan fingerprint density at radius 1 is 0.972 bits per heavy atom. The molecule has 0 aliphatic carbocycles. The van der Waals surface area contributed by atoms with Crippen molar-refractivity contribution in [3.8, 4) is 5.75 Å². The van der Waals surface area contributed by atoms with Crippen molar-refractivity contribution in [2.75, 3.05) is 19.8 Å². The summed E-state index contributed by atoms with van der Waals surface area (Å²) in [6.45, 7) is 3.26. The molecular formula is C28H29BrN2O4S. The van der Waals surface area contributed by atoms with Crippen molar-refractivity contribution in [1.82, 2.24) is 10.2 Å². The van der Waals surface area contributed by atoms with Gasteiger partial charge in [0.05, 0.1) is 25.2 Å². The van der Waals surface area contributed by atoms with Gasteiger partial charge in [-0.05, 0) is 48.5 Å². The summed E-state index contributed by atoms with van der Waals surface area (Å²) >= 11 is 9.02. The highest BCUT2D eigenvalue weighted by molar-refractivity contribution is 9.10. The summed E-state index contributed by atoms with van der Waals surface area (Å²) in [6.07, 6.45) is 0.872. The van der Waals surface area contributed by atoms with E-state index < -0.39 is 0 Å². The Morgan fingerprint density at radius 3 is 2.31 bits per heavy atom. The monoisotopic (exact) mass is 568 g/mol. The second-order valence-corrected chi connectivity index (χ2v) is 9.25. The summed E-state index contributed by atoms with van der Waals surface area (Å²) in [6, 6.07) is 25.0. The lowest BCUT2D eigenvalue weighted by Crippen LogP contribution is -2.43. The number of amides is 1. The molecule has 0 aliphatic rings. The number of hydrogen-bond acceptors (Lipinski definition) is 5. The molecule has 0 atom stereocenters. The molecule has 0 radical (unpaired) electrons. The third-order valence-corrected chi connectivity index (χ3v) is 6.15. The van der Waals surface area contributed by atoms with Gasteiger partial charge in [0.15, 0.2) is 5.11 Å². The van der Waals surface area contributed by atoms with Gasteiger partial charge in [-0.25, -0.2) is 0 Å². The minimum atomic E-state index is -0.384. The smallest absolute Gasteiger partial charge is 0.307 e. The third-order valence-electron chi connectivity index (χ3n) is 5.29. The standard InChI is InChI=1S/C28H29BrN2O4S/c1-2-34-26(32)15-17-31(20-22-11-7-4-8-12-22)28(36)30-27(33)24-19-23(29)13-14-25(24)35-18-16-21-9-5-3-6-10-21/h3-14,19H,2,15-18,20H2,1H3,(H,30,33,36). The molecule has 0 saturated carbocycles. The van der Waals surface area contributed by atoms with E-state index in [2.05, 4.69) is 21.2 Å². The molecule has 1 N–H and O–H groups in total. The van der Waals surface area contributed by atoms with Crippen LogP contribution in [-0.2, 0) is 22.5 Å². The lowest BCUT2D eigenvalue weighted by atomic mass is 10.1. The average Bonchev–Trinajstić information content (AvgIpc) is 2.88. The molecule has 3 aromatic rings. The Morgan fingerprint density at radius 2 is 1.64 bits per heavy atom. The molecule has 3 aromatic carbocycles. The van der Waals surface area contributed by atoms with E-state index in [-0.39, 0.29) is 23.4 Å². The molecule has 1 amide bonds. The highest BCUT2D eigenvalue weighted by Crippen LogP contribution is 2.24. The molecule has 0 aliphatic heterocycles. The first-order chi connectivity index (χ1) is 17.5. The summed E-state index contributed by atoms with van der Waals surface area (Å²) in [5, 5.41) is 3.04. The van der Waals surface area contributed by atoms with E-state index in [9.17, 15) is 9.59 Å². The second-order valence-electron chi connectivity index (χ2n) is 7.95. The first kappa shape index (κ1) is 27.4. The van der Waals surface area contributed by atoms with Crippen molar-refractivity contribution in [3.63, 3.8) is 0 Å². The van der Waals surface area contributed by atoms with E-state index in [1.54, 1.807) is 24.0 Å². The van der Waals surface area contributed by atoms with Crippen LogP contribution in [0.4, 0.5) is 0 Å². The minimum absolute atomic E-state index is 0.154. The number of nitrogens with zero attached hydrogens (tertiary/aromatic N) is 1. The fraction of sp³-hybridized carbons (Fsp3) is 0.250. The molecular weight excluding hydrogens is 540 g/mol. The molecule has 8 heteroatoms.